The summed E-state index contributed by atoms with van der Waals surface area (Å²) in [4.78, 5) is 0. The van der Waals surface area contributed by atoms with Gasteiger partial charge in [-0.25, -0.2) is 0 Å². The first-order chi connectivity index (χ1) is 0. The van der Waals surface area contributed by atoms with Crippen LogP contribution in [0.4, 0.5) is 0 Å². The molecular weight excluding hydrogens is 143 g/mol. The van der Waals surface area contributed by atoms with Crippen LogP contribution in [-0.2, 0) is 0 Å². The van der Waals surface area contributed by atoms with Gasteiger partial charge in [0.05, 0.1) is 0 Å². The van der Waals surface area contributed by atoms with Gasteiger partial charge >= 0.3 is 0 Å². The predicted octanol–water partition coefficient (Wildman–Crippen LogP) is 6.86. The number of hydrogen-bond donors (Lipinski definition) is 0. The van der Waals surface area contributed by atoms with Gasteiger partial charge in [0.15, 0.2) is 0 Å². The van der Waals surface area contributed by atoms with Gasteiger partial charge < -0.3 is 0 Å². The highest BCUT2D eigenvalue weighted by Gasteiger charge is 0.000162. The van der Waals surface area contributed by atoms with E-state index < -0.39 is 0 Å². The van der Waals surface area contributed by atoms with Crippen molar-refractivity contribution in [1.82, 2.24) is 0 Å². The van der Waals surface area contributed by atoms with Crippen LogP contribution in [0.1, 0.15) is 83.1 Å². The van der Waals surface area contributed by atoms with Gasteiger partial charge in [0.2, 0.25) is 0 Å². The molecule has 0 nitrogen and oxygen atoms in total. The molecule has 0 saturated carbocycles. The van der Waals surface area contributed by atoms with Crippen LogP contribution in [0.5, 0.6) is 0 Å². The van der Waals surface area contributed by atoms with Gasteiger partial charge in [0, 0.05) is 9.84 Å². The standard InChI is InChI=1S/11CH4.B.H2/h11*1H4;;1H/i;;;;;;;;;;;;1+1. The van der Waals surface area contributed by atoms with E-state index in [0.29, 0.717) is 0 Å². The molecule has 0 aromatic heterocycles. The Hall–Kier alpha value is 0.0649. The van der Waals surface area contributed by atoms with Crippen LogP contribution in [0.15, 0.2) is 0 Å². The van der Waals surface area contributed by atoms with Gasteiger partial charge in [0.1, 0.15) is 0 Å². The normalized spacial score (nSPS) is 0. The summed E-state index contributed by atoms with van der Waals surface area (Å²) in [5, 5.41) is 0. The summed E-state index contributed by atoms with van der Waals surface area (Å²) in [6.45, 7) is 0. The lowest BCUT2D eigenvalue weighted by atomic mass is 10.8. The molecule has 0 aliphatic carbocycles. The van der Waals surface area contributed by atoms with Crippen LogP contribution in [-0.4, -0.2) is 8.41 Å². The Morgan fingerprint density at radius 1 is 0.250 bits per heavy atom. The van der Waals surface area contributed by atoms with Crippen molar-refractivity contribution >= 4 is 8.41 Å². The maximum Gasteiger partial charge on any atom is 0 e. The molecule has 0 atom stereocenters. The van der Waals surface area contributed by atoms with Gasteiger partial charge in [-0.05, 0) is 0 Å². The van der Waals surface area contributed by atoms with E-state index in [9.17, 15) is 0 Å². The van der Waals surface area contributed by atoms with Crippen molar-refractivity contribution in [3.63, 3.8) is 0 Å². The quantitative estimate of drug-likeness (QED) is 0.366. The first-order valence-electron chi connectivity index (χ1n) is 0. The molecule has 0 aliphatic rings. The summed E-state index contributed by atoms with van der Waals surface area (Å²) in [5.41, 5.74) is 0. The fourth-order valence-electron chi connectivity index (χ4n) is 0. The van der Waals surface area contributed by atoms with Crippen LogP contribution >= 0.6 is 0 Å². The Morgan fingerprint density at radius 2 is 0.250 bits per heavy atom. The highest BCUT2D eigenvalue weighted by Crippen LogP contribution is 0.154. The van der Waals surface area contributed by atoms with Gasteiger partial charge in [-0.2, -0.15) is 0 Å². The van der Waals surface area contributed by atoms with E-state index >= 15 is 0 Å². The minimum Gasteiger partial charge on any atom is -0.0776 e. The highest BCUT2D eigenvalue weighted by atomic mass is 12.0. The molecule has 0 N–H and O–H groups in total. The molecule has 0 aromatic rings. The lowest BCUT2D eigenvalue weighted by Crippen LogP contribution is -0.381. The van der Waals surface area contributed by atoms with E-state index in [4.69, 9.17) is 0 Å². The average Bonchev–Trinajstić information content (AvgIpc) is 0. The Labute approximate surface area is 92.3 Å². The summed E-state index contributed by atoms with van der Waals surface area (Å²) < 4.78 is 0. The van der Waals surface area contributed by atoms with Crippen molar-refractivity contribution in [1.29, 1.82) is 0 Å². The molecule has 0 aliphatic heterocycles. The molecule has 0 unspecified atom stereocenters. The third kappa shape index (κ3) is 196000. The van der Waals surface area contributed by atoms with E-state index in [2.05, 4.69) is 0 Å². The van der Waals surface area contributed by atoms with Crippen molar-refractivity contribution in [3.05, 3.63) is 0 Å². The Balaban J connectivity index is 0. The largest absolute Gasteiger partial charge is 0.0776 e. The van der Waals surface area contributed by atoms with Crippen molar-refractivity contribution in [2.45, 2.75) is 81.7 Å². The van der Waals surface area contributed by atoms with Crippen molar-refractivity contribution in [2.75, 3.05) is 0 Å². The summed E-state index contributed by atoms with van der Waals surface area (Å²) in [7, 11) is 0. The number of hydrogen-bond acceptors (Lipinski definition) is 0. The fraction of sp³-hybridized carbons (Fsp3) is 1.00. The van der Waals surface area contributed by atoms with E-state index in [1.807, 2.05) is 0 Å². The maximum absolute atomic E-state index is 0. The molecule has 0 spiro atoms. The van der Waals surface area contributed by atoms with E-state index in [1.165, 1.54) is 0 Å². The second-order valence-electron chi connectivity index (χ2n) is 0. The zero-order valence-electron chi connectivity index (χ0n) is 0.577. The lowest BCUT2D eigenvalue weighted by molar-refractivity contribution is 2.50. The number of rotatable bonds is 0. The van der Waals surface area contributed by atoms with E-state index in [-0.39, 0.29) is 91.5 Å². The second kappa shape index (κ2) is 266000. The predicted molar refractivity (Wildman–Crippen MR) is 81.9 cm³/mol. The molecule has 12 heavy (non-hydrogen) atoms. The summed E-state index contributed by atoms with van der Waals surface area (Å²) in [6.07, 6.45) is 0. The zero-order valence-corrected chi connectivity index (χ0v) is 0.577. The summed E-state index contributed by atoms with van der Waals surface area (Å²) in [6, 6.07) is 0. The average molecular weight is 190 g/mol. The third-order valence-corrected chi connectivity index (χ3v) is 0. The molecule has 0 fully saturated rings. The first-order valence-corrected chi connectivity index (χ1v) is 0. The van der Waals surface area contributed by atoms with Crippen molar-refractivity contribution in [2.24, 2.45) is 0 Å². The molecule has 0 bridgehead atoms. The molecule has 0 rings (SSSR count). The second-order valence-corrected chi connectivity index (χ2v) is 0. The van der Waals surface area contributed by atoms with Crippen LogP contribution in [0.3, 0.4) is 0 Å². The van der Waals surface area contributed by atoms with E-state index in [0.717, 1.165) is 0 Å². The van der Waals surface area contributed by atoms with E-state index in [1.54, 1.807) is 0 Å². The van der Waals surface area contributed by atoms with Gasteiger partial charge in [-0.3, -0.25) is 0 Å². The maximum atomic E-state index is 0. The molecule has 0 saturated heterocycles. The molecule has 93 valence electrons. The van der Waals surface area contributed by atoms with Crippen LogP contribution in [0.2, 0.25) is 0 Å². The molecule has 0 amide bonds. The molecular formula is C11H46B. The van der Waals surface area contributed by atoms with Crippen LogP contribution in [0, 0.1) is 0 Å². The van der Waals surface area contributed by atoms with Crippen LogP contribution < -0.4 is 0 Å². The smallest absolute Gasteiger partial charge is 0 e. The van der Waals surface area contributed by atoms with Crippen LogP contribution in [0.25, 0.3) is 0 Å². The highest BCUT2D eigenvalue weighted by molar-refractivity contribution is 5.75. The third-order valence-electron chi connectivity index (χ3n) is 0. The Kier molecular flexibility index (Phi) is 7760000000. The minimum absolute atomic E-state index is 0. The molecule has 0 heterocycles. The van der Waals surface area contributed by atoms with Crippen molar-refractivity contribution in [3.8, 4) is 0 Å². The Morgan fingerprint density at radius 3 is 0.250 bits per heavy atom. The van der Waals surface area contributed by atoms with Gasteiger partial charge in [-0.15, -0.1) is 0 Å². The topological polar surface area (TPSA) is 0 Å². The monoisotopic (exact) mass is 190 g/mol. The zero-order chi connectivity index (χ0) is 0. The fourth-order valence-corrected chi connectivity index (χ4v) is 0. The van der Waals surface area contributed by atoms with Gasteiger partial charge in [0.25, 0.3) is 0 Å². The SMILES string of the molecule is C.C.C.C.C.C.C.C.C.C.C.[2HH].[B]. The summed E-state index contributed by atoms with van der Waals surface area (Å²) in [5.74, 6) is 0. The summed E-state index contributed by atoms with van der Waals surface area (Å²) >= 11 is 0. The molecule has 0 aromatic carbocycles. The van der Waals surface area contributed by atoms with Gasteiger partial charge in [-0.1, -0.05) is 81.7 Å². The minimum atomic E-state index is 0. The molecule has 1 heteroatoms. The Bertz CT molecular complexity index is 10.1. The first kappa shape index (κ1) is 350000. The van der Waals surface area contributed by atoms with Crippen molar-refractivity contribution < 1.29 is 1.43 Å². The lowest BCUT2D eigenvalue weighted by Gasteiger charge is -0.0786. The molecule has 3 radical (unpaired) electrons.